The van der Waals surface area contributed by atoms with Crippen molar-refractivity contribution in [2.24, 2.45) is 5.92 Å². The maximum Gasteiger partial charge on any atom is 0.0783 e. The number of hydrogen-bond donors (Lipinski definition) is 0. The molecular weight excluding hydrogens is 266 g/mol. The lowest BCUT2D eigenvalue weighted by atomic mass is 9.58. The summed E-state index contributed by atoms with van der Waals surface area (Å²) in [6.45, 7) is 1.26. The molecule has 2 bridgehead atoms. The zero-order valence-corrected chi connectivity index (χ0v) is 13.9. The van der Waals surface area contributed by atoms with Crippen LogP contribution in [0, 0.1) is 5.92 Å². The molecule has 0 aliphatic heterocycles. The molecule has 0 fully saturated rings. The highest BCUT2D eigenvalue weighted by Crippen LogP contribution is 2.56. The zero-order valence-electron chi connectivity index (χ0n) is 13.9. The van der Waals surface area contributed by atoms with Crippen molar-refractivity contribution in [1.29, 1.82) is 0 Å². The van der Waals surface area contributed by atoms with Crippen LogP contribution in [-0.4, -0.2) is 32.2 Å². The van der Waals surface area contributed by atoms with Gasteiger partial charge in [-0.25, -0.2) is 0 Å². The molecule has 0 amide bonds. The third-order valence-electron chi connectivity index (χ3n) is 5.59. The maximum absolute atomic E-state index is 2.38. The Morgan fingerprint density at radius 3 is 1.82 bits per heavy atom. The van der Waals surface area contributed by atoms with Gasteiger partial charge in [0, 0.05) is 18.3 Å². The third-order valence-corrected chi connectivity index (χ3v) is 5.59. The summed E-state index contributed by atoms with van der Waals surface area (Å²) in [5.41, 5.74) is 6.38. The van der Waals surface area contributed by atoms with E-state index in [1.165, 1.54) is 19.4 Å². The van der Waals surface area contributed by atoms with Gasteiger partial charge in [0.2, 0.25) is 0 Å². The molecule has 2 aromatic carbocycles. The molecule has 1 nitrogen and oxygen atoms in total. The largest absolute Gasteiger partial charge is 0.331 e. The predicted molar refractivity (Wildman–Crippen MR) is 92.2 cm³/mol. The first-order chi connectivity index (χ1) is 10.5. The number of fused-ring (bicyclic) bond motifs is 1. The topological polar surface area (TPSA) is 0 Å². The molecule has 3 aliphatic carbocycles. The Morgan fingerprint density at radius 2 is 1.32 bits per heavy atom. The van der Waals surface area contributed by atoms with Crippen molar-refractivity contribution in [3.63, 3.8) is 0 Å². The minimum absolute atomic E-state index is 0.615. The Labute approximate surface area is 134 Å². The van der Waals surface area contributed by atoms with Crippen LogP contribution in [0.4, 0.5) is 0 Å². The first-order valence-corrected chi connectivity index (χ1v) is 8.53. The fraction of sp³-hybridized carbons (Fsp3) is 0.429. The van der Waals surface area contributed by atoms with Crippen molar-refractivity contribution in [2.45, 2.75) is 24.7 Å². The highest BCUT2D eigenvalue weighted by molar-refractivity contribution is 5.55. The Morgan fingerprint density at radius 1 is 0.818 bits per heavy atom. The van der Waals surface area contributed by atoms with Gasteiger partial charge in [-0.2, -0.15) is 0 Å². The van der Waals surface area contributed by atoms with Gasteiger partial charge in [-0.3, -0.25) is 0 Å². The predicted octanol–water partition coefficient (Wildman–Crippen LogP) is 4.38. The molecule has 1 atom stereocenters. The number of rotatable bonds is 3. The summed E-state index contributed by atoms with van der Waals surface area (Å²) in [7, 11) is 6.93. The molecule has 0 aromatic heterocycles. The van der Waals surface area contributed by atoms with Gasteiger partial charge in [0.25, 0.3) is 0 Å². The molecule has 5 rings (SSSR count). The Bertz CT molecular complexity index is 648. The van der Waals surface area contributed by atoms with Gasteiger partial charge in [-0.05, 0) is 34.6 Å². The quantitative estimate of drug-likeness (QED) is 0.736. The van der Waals surface area contributed by atoms with Crippen LogP contribution in [0.25, 0.3) is 0 Å². The molecule has 0 spiro atoms. The highest BCUT2D eigenvalue weighted by Gasteiger charge is 2.43. The van der Waals surface area contributed by atoms with E-state index in [2.05, 4.69) is 69.7 Å². The van der Waals surface area contributed by atoms with Crippen LogP contribution in [0.1, 0.15) is 46.9 Å². The molecule has 3 aliphatic rings. The van der Waals surface area contributed by atoms with Crippen molar-refractivity contribution >= 4 is 0 Å². The summed E-state index contributed by atoms with van der Waals surface area (Å²) in [6.07, 6.45) is 2.66. The van der Waals surface area contributed by atoms with Crippen LogP contribution in [0.15, 0.2) is 48.5 Å². The molecular formula is C21H26N+. The van der Waals surface area contributed by atoms with Gasteiger partial charge in [-0.1, -0.05) is 48.5 Å². The summed E-state index contributed by atoms with van der Waals surface area (Å²) in [5, 5.41) is 0. The molecule has 114 valence electrons. The second kappa shape index (κ2) is 4.96. The number of benzene rings is 2. The number of nitrogens with zero attached hydrogens (tertiary/aromatic N) is 1. The summed E-state index contributed by atoms with van der Waals surface area (Å²) < 4.78 is 1.07. The van der Waals surface area contributed by atoms with E-state index < -0.39 is 0 Å². The second-order valence-electron chi connectivity index (χ2n) is 8.09. The molecule has 0 radical (unpaired) electrons. The first kappa shape index (κ1) is 14.0. The minimum atomic E-state index is 0.615. The molecule has 1 unspecified atom stereocenters. The van der Waals surface area contributed by atoms with Gasteiger partial charge < -0.3 is 4.48 Å². The lowest BCUT2D eigenvalue weighted by Crippen LogP contribution is -2.39. The van der Waals surface area contributed by atoms with E-state index in [-0.39, 0.29) is 0 Å². The third kappa shape index (κ3) is 2.19. The van der Waals surface area contributed by atoms with Crippen LogP contribution < -0.4 is 0 Å². The van der Waals surface area contributed by atoms with E-state index in [1.54, 1.807) is 22.3 Å². The molecule has 1 heteroatoms. The van der Waals surface area contributed by atoms with E-state index >= 15 is 0 Å². The molecule has 0 saturated carbocycles. The van der Waals surface area contributed by atoms with Gasteiger partial charge in [-0.15, -0.1) is 0 Å². The zero-order chi connectivity index (χ0) is 15.3. The normalized spacial score (nSPS) is 25.7. The molecule has 2 aromatic rings. The molecule has 0 heterocycles. The minimum Gasteiger partial charge on any atom is -0.331 e. The van der Waals surface area contributed by atoms with Crippen LogP contribution in [0.2, 0.25) is 0 Å². The average molecular weight is 292 g/mol. The van der Waals surface area contributed by atoms with E-state index in [4.69, 9.17) is 0 Å². The fourth-order valence-electron chi connectivity index (χ4n) is 4.60. The molecule has 22 heavy (non-hydrogen) atoms. The average Bonchev–Trinajstić information content (AvgIpc) is 2.52. The Kier molecular flexibility index (Phi) is 3.16. The maximum atomic E-state index is 2.38. The highest BCUT2D eigenvalue weighted by atomic mass is 15.3. The molecule has 0 N–H and O–H groups in total. The smallest absolute Gasteiger partial charge is 0.0783 e. The van der Waals surface area contributed by atoms with Gasteiger partial charge >= 0.3 is 0 Å². The summed E-state index contributed by atoms with van der Waals surface area (Å²) in [5.74, 6) is 2.03. The van der Waals surface area contributed by atoms with Gasteiger partial charge in [0.1, 0.15) is 0 Å². The molecule has 0 saturated heterocycles. The van der Waals surface area contributed by atoms with Crippen molar-refractivity contribution in [1.82, 2.24) is 0 Å². The van der Waals surface area contributed by atoms with Crippen LogP contribution in [0.5, 0.6) is 0 Å². The number of hydrogen-bond acceptors (Lipinski definition) is 0. The van der Waals surface area contributed by atoms with Crippen molar-refractivity contribution < 1.29 is 4.48 Å². The summed E-state index contributed by atoms with van der Waals surface area (Å²) in [6, 6.07) is 18.3. The van der Waals surface area contributed by atoms with Crippen LogP contribution in [-0.2, 0) is 0 Å². The van der Waals surface area contributed by atoms with E-state index in [1.807, 2.05) is 0 Å². The Hall–Kier alpha value is -1.60. The summed E-state index contributed by atoms with van der Waals surface area (Å²) >= 11 is 0. The van der Waals surface area contributed by atoms with Crippen LogP contribution >= 0.6 is 0 Å². The van der Waals surface area contributed by atoms with Crippen LogP contribution in [0.3, 0.4) is 0 Å². The number of quaternary nitrogens is 1. The van der Waals surface area contributed by atoms with E-state index in [0.29, 0.717) is 11.8 Å². The summed E-state index contributed by atoms with van der Waals surface area (Å²) in [4.78, 5) is 0. The SMILES string of the molecule is C[N+](C)(C)CCC1CC2c3ccccc3C1c1ccccc12. The lowest BCUT2D eigenvalue weighted by Gasteiger charge is -2.46. The van der Waals surface area contributed by atoms with Gasteiger partial charge in [0.05, 0.1) is 27.7 Å². The van der Waals surface area contributed by atoms with Crippen molar-refractivity contribution in [2.75, 3.05) is 27.7 Å². The second-order valence-corrected chi connectivity index (χ2v) is 8.09. The van der Waals surface area contributed by atoms with E-state index in [9.17, 15) is 0 Å². The van der Waals surface area contributed by atoms with Gasteiger partial charge in [0.15, 0.2) is 0 Å². The van der Waals surface area contributed by atoms with Crippen molar-refractivity contribution in [3.05, 3.63) is 70.8 Å². The first-order valence-electron chi connectivity index (χ1n) is 8.53. The van der Waals surface area contributed by atoms with E-state index in [0.717, 1.165) is 10.4 Å². The van der Waals surface area contributed by atoms with Crippen molar-refractivity contribution in [3.8, 4) is 0 Å². The fourth-order valence-corrected chi connectivity index (χ4v) is 4.60. The standard InChI is InChI=1S/C21H26N/c1-22(2,3)13-12-15-14-20-16-8-4-6-10-18(16)21(15)19-11-7-5-9-17(19)20/h4-11,15,20-21H,12-14H2,1-3H3/q+1. The monoisotopic (exact) mass is 292 g/mol. The Balaban J connectivity index is 1.76. The lowest BCUT2D eigenvalue weighted by molar-refractivity contribution is -0.871.